The summed E-state index contributed by atoms with van der Waals surface area (Å²) in [6.45, 7) is 4.69. The Morgan fingerprint density at radius 2 is 2.16 bits per heavy atom. The summed E-state index contributed by atoms with van der Waals surface area (Å²) in [5.74, 6) is 1.56. The number of hydrogen-bond acceptors (Lipinski definition) is 4. The molecule has 0 radical (unpaired) electrons. The molecule has 1 aliphatic carbocycles. The average Bonchev–Trinajstić information content (AvgIpc) is 2.85. The molecule has 0 bridgehead atoms. The molecule has 3 nitrogen and oxygen atoms in total. The molecule has 3 rings (SSSR count). The average molecular weight is 275 g/mol. The van der Waals surface area contributed by atoms with Crippen molar-refractivity contribution < 1.29 is 0 Å². The van der Waals surface area contributed by atoms with Gasteiger partial charge in [0.2, 0.25) is 0 Å². The molecule has 0 spiro atoms. The van der Waals surface area contributed by atoms with Crippen molar-refractivity contribution in [2.45, 2.75) is 39.2 Å². The Morgan fingerprint density at radius 1 is 1.32 bits per heavy atom. The van der Waals surface area contributed by atoms with E-state index in [4.69, 9.17) is 5.73 Å². The number of fused-ring (bicyclic) bond motifs is 1. The van der Waals surface area contributed by atoms with Crippen LogP contribution in [0.15, 0.2) is 17.6 Å². The van der Waals surface area contributed by atoms with Gasteiger partial charge >= 0.3 is 0 Å². The van der Waals surface area contributed by atoms with Crippen molar-refractivity contribution in [1.29, 1.82) is 0 Å². The van der Waals surface area contributed by atoms with E-state index in [1.807, 2.05) is 5.51 Å². The third kappa shape index (κ3) is 2.41. The molecule has 102 valence electrons. The third-order valence-electron chi connectivity index (χ3n) is 4.31. The van der Waals surface area contributed by atoms with Crippen LogP contribution < -0.4 is 11.1 Å². The number of thiazole rings is 1. The van der Waals surface area contributed by atoms with Crippen LogP contribution in [0, 0.1) is 11.8 Å². The molecule has 4 heteroatoms. The predicted octanol–water partition coefficient (Wildman–Crippen LogP) is 4.12. The van der Waals surface area contributed by atoms with Crippen molar-refractivity contribution in [3.05, 3.63) is 17.6 Å². The summed E-state index contributed by atoms with van der Waals surface area (Å²) in [5, 5.41) is 3.64. The van der Waals surface area contributed by atoms with Crippen LogP contribution in [0.1, 0.15) is 33.1 Å². The molecule has 0 amide bonds. The highest BCUT2D eigenvalue weighted by atomic mass is 32.1. The van der Waals surface area contributed by atoms with Gasteiger partial charge in [-0.25, -0.2) is 4.98 Å². The summed E-state index contributed by atoms with van der Waals surface area (Å²) in [6, 6.07) is 4.75. The van der Waals surface area contributed by atoms with Gasteiger partial charge in [-0.15, -0.1) is 11.3 Å². The van der Waals surface area contributed by atoms with E-state index in [9.17, 15) is 0 Å². The van der Waals surface area contributed by atoms with E-state index in [0.29, 0.717) is 12.0 Å². The Balaban J connectivity index is 1.83. The molecule has 3 atom stereocenters. The maximum atomic E-state index is 6.24. The second-order valence-corrected chi connectivity index (χ2v) is 6.76. The molecule has 1 saturated carbocycles. The van der Waals surface area contributed by atoms with Crippen molar-refractivity contribution in [2.24, 2.45) is 11.8 Å². The van der Waals surface area contributed by atoms with E-state index >= 15 is 0 Å². The highest BCUT2D eigenvalue weighted by Crippen LogP contribution is 2.34. The zero-order valence-electron chi connectivity index (χ0n) is 11.5. The number of aromatic nitrogens is 1. The van der Waals surface area contributed by atoms with E-state index in [0.717, 1.165) is 27.5 Å². The quantitative estimate of drug-likeness (QED) is 0.811. The number of benzene rings is 1. The molecule has 1 fully saturated rings. The third-order valence-corrected chi connectivity index (χ3v) is 5.11. The number of nitrogens with two attached hydrogens (primary N) is 1. The predicted molar refractivity (Wildman–Crippen MR) is 83.6 cm³/mol. The summed E-state index contributed by atoms with van der Waals surface area (Å²) in [4.78, 5) is 4.36. The molecule has 2 aromatic rings. The van der Waals surface area contributed by atoms with Gasteiger partial charge in [0.05, 0.1) is 21.6 Å². The monoisotopic (exact) mass is 275 g/mol. The van der Waals surface area contributed by atoms with Gasteiger partial charge < -0.3 is 11.1 Å². The van der Waals surface area contributed by atoms with Crippen molar-refractivity contribution in [3.8, 4) is 0 Å². The minimum absolute atomic E-state index is 0.537. The van der Waals surface area contributed by atoms with Crippen molar-refractivity contribution in [1.82, 2.24) is 4.98 Å². The highest BCUT2D eigenvalue weighted by molar-refractivity contribution is 7.16. The Hall–Kier alpha value is -1.29. The lowest BCUT2D eigenvalue weighted by atomic mass is 9.80. The maximum Gasteiger partial charge on any atom is 0.106 e. The van der Waals surface area contributed by atoms with Crippen LogP contribution in [0.3, 0.4) is 0 Å². The molecule has 1 aromatic carbocycles. The first-order valence-electron chi connectivity index (χ1n) is 7.03. The van der Waals surface area contributed by atoms with Gasteiger partial charge in [0.25, 0.3) is 0 Å². The topological polar surface area (TPSA) is 50.9 Å². The number of anilines is 2. The largest absolute Gasteiger partial charge is 0.395 e. The van der Waals surface area contributed by atoms with Gasteiger partial charge in [0.15, 0.2) is 0 Å². The van der Waals surface area contributed by atoms with Gasteiger partial charge in [-0.2, -0.15) is 0 Å². The lowest BCUT2D eigenvalue weighted by Crippen LogP contribution is -2.33. The summed E-state index contributed by atoms with van der Waals surface area (Å²) < 4.78 is 1.16. The molecule has 0 aliphatic heterocycles. The number of nitrogens with one attached hydrogen (secondary N) is 1. The summed E-state index contributed by atoms with van der Waals surface area (Å²) in [6.07, 6.45) is 3.84. The number of hydrogen-bond donors (Lipinski definition) is 2. The second kappa shape index (κ2) is 5.00. The Bertz CT molecular complexity index is 578. The fourth-order valence-corrected chi connectivity index (χ4v) is 3.85. The lowest BCUT2D eigenvalue weighted by Gasteiger charge is -2.34. The van der Waals surface area contributed by atoms with Crippen molar-refractivity contribution in [3.63, 3.8) is 0 Å². The van der Waals surface area contributed by atoms with Crippen LogP contribution in [0.4, 0.5) is 11.4 Å². The fraction of sp³-hybridized carbons (Fsp3) is 0.533. The van der Waals surface area contributed by atoms with Gasteiger partial charge in [0.1, 0.15) is 5.52 Å². The first-order chi connectivity index (χ1) is 9.15. The first kappa shape index (κ1) is 12.7. The van der Waals surface area contributed by atoms with Gasteiger partial charge in [-0.3, -0.25) is 0 Å². The SMILES string of the molecule is CC1CCC(Nc2ccc3scnc3c2N)C(C)C1. The van der Waals surface area contributed by atoms with Crippen molar-refractivity contribution >= 4 is 32.9 Å². The van der Waals surface area contributed by atoms with Crippen LogP contribution in [0.25, 0.3) is 10.2 Å². The standard InChI is InChI=1S/C15H21N3S/c1-9-3-4-11(10(2)7-9)18-12-5-6-13-15(14(12)16)17-8-19-13/h5-6,8-11,18H,3-4,7,16H2,1-2H3. The fourth-order valence-electron chi connectivity index (χ4n) is 3.16. The first-order valence-corrected chi connectivity index (χ1v) is 7.91. The van der Waals surface area contributed by atoms with Crippen LogP contribution in [-0.2, 0) is 0 Å². The molecule has 0 saturated heterocycles. The van der Waals surface area contributed by atoms with E-state index in [1.54, 1.807) is 11.3 Å². The van der Waals surface area contributed by atoms with Gasteiger partial charge in [-0.05, 0) is 43.2 Å². The zero-order chi connectivity index (χ0) is 13.4. The number of nitrogen functional groups attached to an aromatic ring is 1. The van der Waals surface area contributed by atoms with E-state index in [2.05, 4.69) is 36.3 Å². The normalized spacial score (nSPS) is 27.6. The molecule has 3 N–H and O–H groups in total. The molecule has 19 heavy (non-hydrogen) atoms. The Labute approximate surface area is 118 Å². The minimum atomic E-state index is 0.537. The zero-order valence-corrected chi connectivity index (χ0v) is 12.3. The molecular formula is C15H21N3S. The Kier molecular flexibility index (Phi) is 3.35. The molecular weight excluding hydrogens is 254 g/mol. The van der Waals surface area contributed by atoms with E-state index in [1.165, 1.54) is 19.3 Å². The van der Waals surface area contributed by atoms with E-state index < -0.39 is 0 Å². The van der Waals surface area contributed by atoms with Gasteiger partial charge in [-0.1, -0.05) is 13.8 Å². The van der Waals surface area contributed by atoms with Crippen molar-refractivity contribution in [2.75, 3.05) is 11.1 Å². The Morgan fingerprint density at radius 3 is 2.95 bits per heavy atom. The summed E-state index contributed by atoms with van der Waals surface area (Å²) in [5.41, 5.74) is 10.9. The second-order valence-electron chi connectivity index (χ2n) is 5.87. The van der Waals surface area contributed by atoms with Crippen LogP contribution >= 0.6 is 11.3 Å². The summed E-state index contributed by atoms with van der Waals surface area (Å²) in [7, 11) is 0. The van der Waals surface area contributed by atoms with Crippen LogP contribution in [0.2, 0.25) is 0 Å². The van der Waals surface area contributed by atoms with Crippen LogP contribution in [0.5, 0.6) is 0 Å². The number of rotatable bonds is 2. The summed E-state index contributed by atoms with van der Waals surface area (Å²) >= 11 is 1.64. The smallest absolute Gasteiger partial charge is 0.106 e. The maximum absolute atomic E-state index is 6.24. The van der Waals surface area contributed by atoms with Crippen LogP contribution in [-0.4, -0.2) is 11.0 Å². The van der Waals surface area contributed by atoms with E-state index in [-0.39, 0.29) is 0 Å². The lowest BCUT2D eigenvalue weighted by molar-refractivity contribution is 0.276. The molecule has 1 aromatic heterocycles. The molecule has 3 unspecified atom stereocenters. The molecule has 1 heterocycles. The molecule has 1 aliphatic rings. The number of nitrogens with zero attached hydrogens (tertiary/aromatic N) is 1. The minimum Gasteiger partial charge on any atom is -0.395 e. The van der Waals surface area contributed by atoms with Gasteiger partial charge in [0, 0.05) is 6.04 Å². The highest BCUT2D eigenvalue weighted by Gasteiger charge is 2.25.